The molecule has 0 aliphatic carbocycles. The number of nitrogens with zero attached hydrogens (tertiary/aromatic N) is 2. The van der Waals surface area contributed by atoms with Gasteiger partial charge in [-0.05, 0) is 60.4 Å². The van der Waals surface area contributed by atoms with E-state index in [1.54, 1.807) is 17.5 Å². The van der Waals surface area contributed by atoms with Crippen LogP contribution in [0.25, 0.3) is 10.1 Å². The molecule has 234 valence electrons. The Morgan fingerprint density at radius 1 is 1.16 bits per heavy atom. The molecule has 2 fully saturated rings. The van der Waals surface area contributed by atoms with Gasteiger partial charge in [0.25, 0.3) is 11.8 Å². The SMILES string of the molecule is C=C(F)C(=O)N(c1ccc2c(c1)C(=O)N(C1CCC(=O)NC1=O)C2)C(C(=O)NCC1CCOCC1)c1csc2cccc(F)c12. The first kappa shape index (κ1) is 30.5. The number of fused-ring (bicyclic) bond motifs is 2. The summed E-state index contributed by atoms with van der Waals surface area (Å²) >= 11 is 1.18. The van der Waals surface area contributed by atoms with Crippen LogP contribution in [-0.2, 0) is 30.5 Å². The minimum absolute atomic E-state index is 0.0120. The van der Waals surface area contributed by atoms with Crippen molar-refractivity contribution >= 4 is 56.6 Å². The summed E-state index contributed by atoms with van der Waals surface area (Å²) in [6.45, 7) is 4.63. The molecule has 2 unspecified atom stereocenters. The van der Waals surface area contributed by atoms with E-state index in [0.29, 0.717) is 23.5 Å². The van der Waals surface area contributed by atoms with Crippen molar-refractivity contribution in [3.8, 4) is 0 Å². The van der Waals surface area contributed by atoms with Gasteiger partial charge in [-0.15, -0.1) is 11.3 Å². The quantitative estimate of drug-likeness (QED) is 0.286. The van der Waals surface area contributed by atoms with Gasteiger partial charge in [-0.2, -0.15) is 0 Å². The van der Waals surface area contributed by atoms with Gasteiger partial charge in [0.2, 0.25) is 17.7 Å². The van der Waals surface area contributed by atoms with E-state index in [2.05, 4.69) is 17.2 Å². The average molecular weight is 637 g/mol. The summed E-state index contributed by atoms with van der Waals surface area (Å²) in [4.78, 5) is 67.6. The number of rotatable bonds is 8. The molecule has 0 radical (unpaired) electrons. The first-order chi connectivity index (χ1) is 21.6. The number of hydrogen-bond acceptors (Lipinski definition) is 7. The summed E-state index contributed by atoms with van der Waals surface area (Å²) < 4.78 is 36.0. The lowest BCUT2D eigenvalue weighted by atomic mass is 9.98. The first-order valence-corrected chi connectivity index (χ1v) is 15.5. The molecule has 0 bridgehead atoms. The molecule has 3 aliphatic heterocycles. The maximum absolute atomic E-state index is 15.3. The van der Waals surface area contributed by atoms with Crippen LogP contribution in [0, 0.1) is 11.7 Å². The van der Waals surface area contributed by atoms with Crippen molar-refractivity contribution in [1.82, 2.24) is 15.5 Å². The highest BCUT2D eigenvalue weighted by atomic mass is 32.1. The van der Waals surface area contributed by atoms with E-state index in [1.807, 2.05) is 0 Å². The molecule has 6 rings (SSSR count). The maximum Gasteiger partial charge on any atom is 0.287 e. The number of halogens is 2. The van der Waals surface area contributed by atoms with Gasteiger partial charge in [0.05, 0.1) is 0 Å². The Bertz CT molecular complexity index is 1740. The van der Waals surface area contributed by atoms with E-state index in [-0.39, 0.29) is 54.0 Å². The zero-order valence-corrected chi connectivity index (χ0v) is 25.0. The van der Waals surface area contributed by atoms with Crippen LogP contribution in [0.3, 0.4) is 0 Å². The third-order valence-corrected chi connectivity index (χ3v) is 9.49. The summed E-state index contributed by atoms with van der Waals surface area (Å²) in [5.41, 5.74) is 0.872. The van der Waals surface area contributed by atoms with E-state index in [0.717, 1.165) is 17.7 Å². The maximum atomic E-state index is 15.3. The molecular weight excluding hydrogens is 606 g/mol. The second-order valence-electron chi connectivity index (χ2n) is 11.3. The van der Waals surface area contributed by atoms with Gasteiger partial charge in [-0.1, -0.05) is 18.7 Å². The van der Waals surface area contributed by atoms with E-state index in [4.69, 9.17) is 4.74 Å². The van der Waals surface area contributed by atoms with Gasteiger partial charge < -0.3 is 15.0 Å². The molecule has 0 saturated carbocycles. The van der Waals surface area contributed by atoms with Crippen LogP contribution >= 0.6 is 11.3 Å². The smallest absolute Gasteiger partial charge is 0.287 e. The molecule has 2 aromatic carbocycles. The Morgan fingerprint density at radius 3 is 2.67 bits per heavy atom. The molecule has 2 saturated heterocycles. The van der Waals surface area contributed by atoms with Crippen LogP contribution in [0.4, 0.5) is 14.5 Å². The Balaban J connectivity index is 1.40. The number of imide groups is 1. The number of benzene rings is 2. The summed E-state index contributed by atoms with van der Waals surface area (Å²) in [5.74, 6) is -5.24. The third-order valence-electron chi connectivity index (χ3n) is 8.52. The Hall–Kier alpha value is -4.49. The van der Waals surface area contributed by atoms with E-state index >= 15 is 4.39 Å². The predicted octanol–water partition coefficient (Wildman–Crippen LogP) is 3.90. The van der Waals surface area contributed by atoms with Crippen molar-refractivity contribution in [2.75, 3.05) is 24.7 Å². The number of nitrogens with one attached hydrogen (secondary N) is 2. The fraction of sp³-hybridized carbons (Fsp3) is 0.344. The van der Waals surface area contributed by atoms with E-state index < -0.39 is 53.3 Å². The highest BCUT2D eigenvalue weighted by molar-refractivity contribution is 7.17. The van der Waals surface area contributed by atoms with Crippen molar-refractivity contribution in [2.45, 2.75) is 44.3 Å². The van der Waals surface area contributed by atoms with Crippen LogP contribution in [0.15, 0.2) is 54.2 Å². The predicted molar refractivity (Wildman–Crippen MR) is 161 cm³/mol. The highest BCUT2D eigenvalue weighted by Gasteiger charge is 2.41. The van der Waals surface area contributed by atoms with Crippen LogP contribution in [-0.4, -0.2) is 60.2 Å². The zero-order chi connectivity index (χ0) is 31.8. The summed E-state index contributed by atoms with van der Waals surface area (Å²) in [7, 11) is 0. The number of carbonyl (C=O) groups is 5. The van der Waals surface area contributed by atoms with Gasteiger partial charge in [-0.3, -0.25) is 34.2 Å². The highest BCUT2D eigenvalue weighted by Crippen LogP contribution is 2.39. The fourth-order valence-corrected chi connectivity index (χ4v) is 7.16. The van der Waals surface area contributed by atoms with Crippen LogP contribution in [0.2, 0.25) is 0 Å². The number of thiophene rings is 1. The normalized spacial score (nSPS) is 19.3. The number of hydrogen-bond donors (Lipinski definition) is 2. The average Bonchev–Trinajstić information content (AvgIpc) is 3.60. The van der Waals surface area contributed by atoms with E-state index in [1.165, 1.54) is 40.5 Å². The summed E-state index contributed by atoms with van der Waals surface area (Å²) in [5, 5.41) is 6.82. The van der Waals surface area contributed by atoms with Crippen molar-refractivity contribution in [2.24, 2.45) is 5.92 Å². The first-order valence-electron chi connectivity index (χ1n) is 14.6. The summed E-state index contributed by atoms with van der Waals surface area (Å²) in [6.07, 6.45) is 1.69. The minimum atomic E-state index is -1.52. The molecule has 2 atom stereocenters. The van der Waals surface area contributed by atoms with Crippen molar-refractivity contribution in [3.05, 3.63) is 76.7 Å². The molecule has 5 amide bonds. The van der Waals surface area contributed by atoms with Gasteiger partial charge in [-0.25, -0.2) is 8.78 Å². The molecule has 3 aliphatic rings. The minimum Gasteiger partial charge on any atom is -0.381 e. The lowest BCUT2D eigenvalue weighted by Crippen LogP contribution is -2.52. The van der Waals surface area contributed by atoms with Crippen molar-refractivity contribution in [1.29, 1.82) is 0 Å². The largest absolute Gasteiger partial charge is 0.381 e. The van der Waals surface area contributed by atoms with Crippen LogP contribution in [0.1, 0.15) is 53.2 Å². The van der Waals surface area contributed by atoms with Gasteiger partial charge in [0.1, 0.15) is 17.9 Å². The molecule has 13 heteroatoms. The second kappa shape index (κ2) is 12.5. The summed E-state index contributed by atoms with van der Waals surface area (Å²) in [6, 6.07) is 6.49. The zero-order valence-electron chi connectivity index (χ0n) is 24.1. The molecule has 0 spiro atoms. The Morgan fingerprint density at radius 2 is 1.93 bits per heavy atom. The van der Waals surface area contributed by atoms with Crippen LogP contribution in [0.5, 0.6) is 0 Å². The number of amides is 5. The van der Waals surface area contributed by atoms with Crippen molar-refractivity contribution in [3.63, 3.8) is 0 Å². The molecule has 4 heterocycles. The molecule has 45 heavy (non-hydrogen) atoms. The number of anilines is 1. The Kier molecular flexibility index (Phi) is 8.47. The lowest BCUT2D eigenvalue weighted by molar-refractivity contribution is -0.137. The fourth-order valence-electron chi connectivity index (χ4n) is 6.17. The molecule has 10 nitrogen and oxygen atoms in total. The number of ether oxygens (including phenoxy) is 1. The second-order valence-corrected chi connectivity index (χ2v) is 12.2. The van der Waals surface area contributed by atoms with Gasteiger partial charge >= 0.3 is 0 Å². The molecule has 3 aromatic rings. The topological polar surface area (TPSA) is 125 Å². The van der Waals surface area contributed by atoms with E-state index in [9.17, 15) is 28.4 Å². The standard InChI is InChI=1S/C32H30F2N4O6S/c1-17(33)31(42)38(20-6-5-19-15-37(32(43)21(19)13-20)24-7-8-26(39)36-29(24)40)28(30(41)35-14-18-9-11-44-12-10-18)22-16-45-25-4-2-3-23(34)27(22)25/h2-6,13,16,18,24,28H,1,7-12,14-15H2,(H,35,41)(H,36,39,40). The van der Waals surface area contributed by atoms with Crippen molar-refractivity contribution < 1.29 is 37.5 Å². The molecule has 2 N–H and O–H groups in total. The number of piperidine rings is 1. The monoisotopic (exact) mass is 636 g/mol. The molecule has 1 aromatic heterocycles. The lowest BCUT2D eigenvalue weighted by Gasteiger charge is -2.32. The van der Waals surface area contributed by atoms with Gasteiger partial charge in [0, 0.05) is 59.6 Å². The number of carbonyl (C=O) groups excluding carboxylic acids is 5. The van der Waals surface area contributed by atoms with Crippen LogP contribution < -0.4 is 15.5 Å². The third kappa shape index (κ3) is 5.85. The molecular formula is C32H30F2N4O6S. The Labute approximate surface area is 261 Å². The van der Waals surface area contributed by atoms with Gasteiger partial charge in [0.15, 0.2) is 5.83 Å².